The fraction of sp³-hybridized carbons (Fsp3) is 0.385. The monoisotopic (exact) mass is 233 g/mol. The molecule has 0 aliphatic carbocycles. The van der Waals surface area contributed by atoms with Gasteiger partial charge < -0.3 is 4.74 Å². The molecule has 1 atom stereocenters. The Bertz CT molecular complexity index is 421. The molecule has 4 heteroatoms. The van der Waals surface area contributed by atoms with Crippen molar-refractivity contribution in [3.63, 3.8) is 0 Å². The van der Waals surface area contributed by atoms with Gasteiger partial charge in [0.05, 0.1) is 23.8 Å². The lowest BCUT2D eigenvalue weighted by Gasteiger charge is -2.21. The average Bonchev–Trinajstić information content (AvgIpc) is 2.60. The summed E-state index contributed by atoms with van der Waals surface area (Å²) in [4.78, 5) is 25.4. The van der Waals surface area contributed by atoms with E-state index >= 15 is 0 Å². The molecule has 1 heterocycles. The van der Waals surface area contributed by atoms with E-state index in [4.69, 9.17) is 4.74 Å². The first-order valence-electron chi connectivity index (χ1n) is 5.71. The molecule has 2 rings (SSSR count). The summed E-state index contributed by atoms with van der Waals surface area (Å²) >= 11 is 0. The van der Waals surface area contributed by atoms with Crippen molar-refractivity contribution in [3.05, 3.63) is 35.4 Å². The third-order valence-corrected chi connectivity index (χ3v) is 2.83. The number of nitrogens with zero attached hydrogens (tertiary/aromatic N) is 1. The van der Waals surface area contributed by atoms with Crippen LogP contribution in [0.1, 0.15) is 34.6 Å². The second-order valence-electron chi connectivity index (χ2n) is 4.03. The zero-order valence-corrected chi connectivity index (χ0v) is 9.97. The number of imide groups is 1. The summed E-state index contributed by atoms with van der Waals surface area (Å²) in [5.74, 6) is -0.449. The third kappa shape index (κ3) is 1.96. The van der Waals surface area contributed by atoms with Crippen molar-refractivity contribution in [2.24, 2.45) is 0 Å². The van der Waals surface area contributed by atoms with Gasteiger partial charge in [-0.25, -0.2) is 0 Å². The Morgan fingerprint density at radius 1 is 1.18 bits per heavy atom. The Morgan fingerprint density at radius 3 is 2.18 bits per heavy atom. The van der Waals surface area contributed by atoms with Gasteiger partial charge in [-0.2, -0.15) is 0 Å². The summed E-state index contributed by atoms with van der Waals surface area (Å²) in [6, 6.07) is 6.66. The number of carbonyl (C=O) groups excluding carboxylic acids is 2. The van der Waals surface area contributed by atoms with Gasteiger partial charge in [-0.3, -0.25) is 14.5 Å². The van der Waals surface area contributed by atoms with Crippen LogP contribution >= 0.6 is 0 Å². The molecule has 0 bridgehead atoms. The van der Waals surface area contributed by atoms with Gasteiger partial charge in [0.25, 0.3) is 11.8 Å². The maximum atomic E-state index is 12.1. The smallest absolute Gasteiger partial charge is 0.261 e. The second kappa shape index (κ2) is 4.67. The molecule has 90 valence electrons. The highest BCUT2D eigenvalue weighted by Gasteiger charge is 2.37. The van der Waals surface area contributed by atoms with Gasteiger partial charge in [-0.15, -0.1) is 0 Å². The Hall–Kier alpha value is -1.68. The zero-order valence-electron chi connectivity index (χ0n) is 9.97. The van der Waals surface area contributed by atoms with Gasteiger partial charge in [0, 0.05) is 6.61 Å². The van der Waals surface area contributed by atoms with Gasteiger partial charge in [0.15, 0.2) is 0 Å². The highest BCUT2D eigenvalue weighted by Crippen LogP contribution is 2.24. The molecule has 1 aromatic carbocycles. The number of hydrogen-bond acceptors (Lipinski definition) is 3. The van der Waals surface area contributed by atoms with Gasteiger partial charge in [-0.05, 0) is 26.0 Å². The molecule has 0 fully saturated rings. The molecule has 1 unspecified atom stereocenters. The van der Waals surface area contributed by atoms with Crippen LogP contribution in [0.2, 0.25) is 0 Å². The highest BCUT2D eigenvalue weighted by molar-refractivity contribution is 6.21. The van der Waals surface area contributed by atoms with Crippen LogP contribution in [0, 0.1) is 0 Å². The molecule has 4 nitrogen and oxygen atoms in total. The molecule has 0 spiro atoms. The highest BCUT2D eigenvalue weighted by atomic mass is 16.5. The van der Waals surface area contributed by atoms with Crippen LogP contribution in [0.4, 0.5) is 0 Å². The Morgan fingerprint density at radius 2 is 1.71 bits per heavy atom. The van der Waals surface area contributed by atoms with Crippen LogP contribution in [0.5, 0.6) is 0 Å². The number of fused-ring (bicyclic) bond motifs is 1. The maximum Gasteiger partial charge on any atom is 0.261 e. The first kappa shape index (κ1) is 11.8. The molecular weight excluding hydrogens is 218 g/mol. The summed E-state index contributed by atoms with van der Waals surface area (Å²) < 4.78 is 5.26. The summed E-state index contributed by atoms with van der Waals surface area (Å²) in [7, 11) is 0. The molecule has 0 N–H and O–H groups in total. The molecule has 17 heavy (non-hydrogen) atoms. The molecule has 2 amide bonds. The van der Waals surface area contributed by atoms with Crippen LogP contribution in [0.15, 0.2) is 24.3 Å². The van der Waals surface area contributed by atoms with Gasteiger partial charge >= 0.3 is 0 Å². The van der Waals surface area contributed by atoms with Crippen molar-refractivity contribution < 1.29 is 14.3 Å². The minimum absolute atomic E-state index is 0.224. The molecule has 1 aliphatic rings. The van der Waals surface area contributed by atoms with Gasteiger partial charge in [0.1, 0.15) is 0 Å². The standard InChI is InChI=1S/C13H15NO3/c1-3-17-8-9(2)14-12(15)10-6-4-5-7-11(10)13(14)16/h4-7,9H,3,8H2,1-2H3. The summed E-state index contributed by atoms with van der Waals surface area (Å²) in [5, 5.41) is 0. The number of amides is 2. The predicted octanol–water partition coefficient (Wildman–Crippen LogP) is 1.71. The lowest BCUT2D eigenvalue weighted by atomic mass is 10.1. The van der Waals surface area contributed by atoms with Crippen molar-refractivity contribution in [2.45, 2.75) is 19.9 Å². The van der Waals surface area contributed by atoms with E-state index in [9.17, 15) is 9.59 Å². The van der Waals surface area contributed by atoms with Crippen LogP contribution in [-0.4, -0.2) is 36.0 Å². The zero-order chi connectivity index (χ0) is 12.4. The quantitative estimate of drug-likeness (QED) is 0.744. The maximum absolute atomic E-state index is 12.1. The van der Waals surface area contributed by atoms with E-state index in [0.717, 1.165) is 0 Å². The SMILES string of the molecule is CCOCC(C)N1C(=O)c2ccccc2C1=O. The largest absolute Gasteiger partial charge is 0.380 e. The van der Waals surface area contributed by atoms with Crippen LogP contribution in [-0.2, 0) is 4.74 Å². The topological polar surface area (TPSA) is 46.6 Å². The molecule has 1 aromatic rings. The normalized spacial score (nSPS) is 16.2. The Balaban J connectivity index is 2.24. The van der Waals surface area contributed by atoms with Crippen LogP contribution < -0.4 is 0 Å². The lowest BCUT2D eigenvalue weighted by molar-refractivity contribution is 0.0446. The van der Waals surface area contributed by atoms with E-state index in [0.29, 0.717) is 24.3 Å². The van der Waals surface area contributed by atoms with Crippen molar-refractivity contribution in [3.8, 4) is 0 Å². The van der Waals surface area contributed by atoms with Crippen LogP contribution in [0.25, 0.3) is 0 Å². The predicted molar refractivity (Wildman–Crippen MR) is 62.9 cm³/mol. The molecular formula is C13H15NO3. The van der Waals surface area contributed by atoms with E-state index in [1.54, 1.807) is 24.3 Å². The molecule has 0 aromatic heterocycles. The number of hydrogen-bond donors (Lipinski definition) is 0. The van der Waals surface area contributed by atoms with E-state index < -0.39 is 0 Å². The number of carbonyl (C=O) groups is 2. The van der Waals surface area contributed by atoms with E-state index in [-0.39, 0.29) is 17.9 Å². The second-order valence-corrected chi connectivity index (χ2v) is 4.03. The fourth-order valence-electron chi connectivity index (χ4n) is 1.97. The van der Waals surface area contributed by atoms with E-state index in [1.807, 2.05) is 13.8 Å². The summed E-state index contributed by atoms with van der Waals surface area (Å²) in [6.45, 7) is 4.65. The first-order chi connectivity index (χ1) is 8.16. The summed E-state index contributed by atoms with van der Waals surface area (Å²) in [6.07, 6.45) is 0. The first-order valence-corrected chi connectivity index (χ1v) is 5.71. The van der Waals surface area contributed by atoms with Crippen molar-refractivity contribution in [1.29, 1.82) is 0 Å². The third-order valence-electron chi connectivity index (χ3n) is 2.83. The number of rotatable bonds is 4. The number of benzene rings is 1. The Kier molecular flexibility index (Phi) is 3.24. The lowest BCUT2D eigenvalue weighted by Crippen LogP contribution is -2.40. The van der Waals surface area contributed by atoms with Crippen molar-refractivity contribution in [1.82, 2.24) is 4.90 Å². The average molecular weight is 233 g/mol. The summed E-state index contributed by atoms with van der Waals surface area (Å²) in [5.41, 5.74) is 0.974. The van der Waals surface area contributed by atoms with Gasteiger partial charge in [-0.1, -0.05) is 12.1 Å². The minimum Gasteiger partial charge on any atom is -0.380 e. The molecule has 1 aliphatic heterocycles. The molecule has 0 saturated heterocycles. The fourth-order valence-corrected chi connectivity index (χ4v) is 1.97. The van der Waals surface area contributed by atoms with Crippen molar-refractivity contribution >= 4 is 11.8 Å². The minimum atomic E-state index is -0.234. The molecule has 0 saturated carbocycles. The van der Waals surface area contributed by atoms with E-state index in [1.165, 1.54) is 4.90 Å². The molecule has 0 radical (unpaired) electrons. The Labute approximate surface area is 100 Å². The van der Waals surface area contributed by atoms with Crippen molar-refractivity contribution in [2.75, 3.05) is 13.2 Å². The number of ether oxygens (including phenoxy) is 1. The van der Waals surface area contributed by atoms with Gasteiger partial charge in [0.2, 0.25) is 0 Å². The van der Waals surface area contributed by atoms with E-state index in [2.05, 4.69) is 0 Å². The van der Waals surface area contributed by atoms with Crippen LogP contribution in [0.3, 0.4) is 0 Å².